The Labute approximate surface area is 156 Å². The molecule has 0 saturated heterocycles. The molecule has 26 heavy (non-hydrogen) atoms. The van der Waals surface area contributed by atoms with Crippen molar-refractivity contribution in [1.29, 1.82) is 0 Å². The molecule has 1 unspecified atom stereocenters. The molecule has 1 aromatic carbocycles. The predicted molar refractivity (Wildman–Crippen MR) is 97.8 cm³/mol. The summed E-state index contributed by atoms with van der Waals surface area (Å²) in [4.78, 5) is 11.6. The first-order valence-electron chi connectivity index (χ1n) is 7.83. The van der Waals surface area contributed by atoms with E-state index >= 15 is 0 Å². The number of nitrogens with one attached hydrogen (secondary N) is 1. The predicted octanol–water partition coefficient (Wildman–Crippen LogP) is 1.87. The molecule has 0 aliphatic heterocycles. The number of aliphatic hydroxyl groups excluding tert-OH is 1. The van der Waals surface area contributed by atoms with Gasteiger partial charge in [0.1, 0.15) is 9.77 Å². The number of rotatable bonds is 9. The maximum Gasteiger partial charge on any atom is 0.349 e. The van der Waals surface area contributed by atoms with Gasteiger partial charge in [0.05, 0.1) is 26.4 Å². The Morgan fingerprint density at radius 3 is 2.58 bits per heavy atom. The number of hydrogen-bond acceptors (Lipinski definition) is 7. The third kappa shape index (κ3) is 5.12. The highest BCUT2D eigenvalue weighted by atomic mass is 32.2. The SMILES string of the molecule is COC(=O)c1sccc1S(=O)(=O)NCC(OCCO)c1ccc(C)cc1. The maximum atomic E-state index is 12.6. The molecule has 0 fully saturated rings. The maximum absolute atomic E-state index is 12.6. The Kier molecular flexibility index (Phi) is 7.30. The Balaban J connectivity index is 2.18. The van der Waals surface area contributed by atoms with E-state index in [-0.39, 0.29) is 29.5 Å². The van der Waals surface area contributed by atoms with Crippen molar-refractivity contribution in [2.75, 3.05) is 26.9 Å². The van der Waals surface area contributed by atoms with Crippen molar-refractivity contribution in [2.45, 2.75) is 17.9 Å². The Bertz CT molecular complexity index is 829. The molecule has 142 valence electrons. The number of aryl methyl sites for hydroxylation is 1. The molecule has 0 aliphatic carbocycles. The van der Waals surface area contributed by atoms with Crippen LogP contribution in [0.5, 0.6) is 0 Å². The minimum absolute atomic E-state index is 0.0168. The number of benzene rings is 1. The summed E-state index contributed by atoms with van der Waals surface area (Å²) in [5.74, 6) is -0.702. The van der Waals surface area contributed by atoms with Gasteiger partial charge in [0.2, 0.25) is 10.0 Å². The van der Waals surface area contributed by atoms with Crippen molar-refractivity contribution >= 4 is 27.3 Å². The lowest BCUT2D eigenvalue weighted by atomic mass is 10.1. The minimum Gasteiger partial charge on any atom is -0.465 e. The van der Waals surface area contributed by atoms with Gasteiger partial charge in [0.25, 0.3) is 0 Å². The molecule has 0 aliphatic rings. The lowest BCUT2D eigenvalue weighted by Gasteiger charge is -2.19. The van der Waals surface area contributed by atoms with Gasteiger partial charge in [-0.15, -0.1) is 11.3 Å². The quantitative estimate of drug-likeness (QED) is 0.624. The monoisotopic (exact) mass is 399 g/mol. The summed E-state index contributed by atoms with van der Waals surface area (Å²) in [5.41, 5.74) is 1.85. The third-order valence-electron chi connectivity index (χ3n) is 3.61. The van der Waals surface area contributed by atoms with Crippen molar-refractivity contribution in [1.82, 2.24) is 4.72 Å². The number of thiophene rings is 1. The van der Waals surface area contributed by atoms with Crippen LogP contribution in [-0.2, 0) is 19.5 Å². The molecule has 0 bridgehead atoms. The zero-order valence-electron chi connectivity index (χ0n) is 14.5. The van der Waals surface area contributed by atoms with Crippen LogP contribution in [0.2, 0.25) is 0 Å². The van der Waals surface area contributed by atoms with Crippen molar-refractivity contribution < 1.29 is 27.8 Å². The van der Waals surface area contributed by atoms with E-state index in [4.69, 9.17) is 9.84 Å². The van der Waals surface area contributed by atoms with Crippen LogP contribution in [-0.4, -0.2) is 46.4 Å². The van der Waals surface area contributed by atoms with Gasteiger partial charge in [-0.3, -0.25) is 0 Å². The average Bonchev–Trinajstić information content (AvgIpc) is 3.13. The molecule has 0 amide bonds. The number of carbonyl (C=O) groups excluding carboxylic acids is 1. The second kappa shape index (κ2) is 9.24. The third-order valence-corrected chi connectivity index (χ3v) is 6.10. The Morgan fingerprint density at radius 2 is 1.96 bits per heavy atom. The number of sulfonamides is 1. The summed E-state index contributed by atoms with van der Waals surface area (Å²) in [6.07, 6.45) is -0.572. The van der Waals surface area contributed by atoms with Crippen molar-refractivity contribution in [2.24, 2.45) is 0 Å². The first-order valence-corrected chi connectivity index (χ1v) is 10.2. The summed E-state index contributed by atoms with van der Waals surface area (Å²) >= 11 is 0.997. The van der Waals surface area contributed by atoms with E-state index < -0.39 is 22.1 Å². The van der Waals surface area contributed by atoms with E-state index in [1.54, 1.807) is 0 Å². The van der Waals surface area contributed by atoms with E-state index in [9.17, 15) is 13.2 Å². The molecule has 0 spiro atoms. The average molecular weight is 399 g/mol. The van der Waals surface area contributed by atoms with Crippen LogP contribution in [0, 0.1) is 6.92 Å². The Hall–Kier alpha value is -1.78. The summed E-state index contributed by atoms with van der Waals surface area (Å²) < 4.78 is 37.8. The fourth-order valence-corrected chi connectivity index (χ4v) is 4.63. The van der Waals surface area contributed by atoms with Crippen LogP contribution in [0.3, 0.4) is 0 Å². The van der Waals surface area contributed by atoms with Gasteiger partial charge in [0, 0.05) is 6.54 Å². The van der Waals surface area contributed by atoms with E-state index in [2.05, 4.69) is 9.46 Å². The highest BCUT2D eigenvalue weighted by Crippen LogP contribution is 2.24. The number of aliphatic hydroxyl groups is 1. The smallest absolute Gasteiger partial charge is 0.349 e. The first-order chi connectivity index (χ1) is 12.4. The van der Waals surface area contributed by atoms with Crippen LogP contribution in [0.4, 0.5) is 0 Å². The second-order valence-electron chi connectivity index (χ2n) is 5.45. The van der Waals surface area contributed by atoms with Crippen molar-refractivity contribution in [3.63, 3.8) is 0 Å². The van der Waals surface area contributed by atoms with Gasteiger partial charge in [-0.1, -0.05) is 29.8 Å². The van der Waals surface area contributed by atoms with Gasteiger partial charge in [0.15, 0.2) is 0 Å². The molecule has 2 rings (SSSR count). The summed E-state index contributed by atoms with van der Waals surface area (Å²) in [6, 6.07) is 8.84. The van der Waals surface area contributed by atoms with Crippen LogP contribution in [0.1, 0.15) is 26.9 Å². The fraction of sp³-hybridized carbons (Fsp3) is 0.353. The van der Waals surface area contributed by atoms with Crippen LogP contribution in [0.15, 0.2) is 40.6 Å². The largest absolute Gasteiger partial charge is 0.465 e. The second-order valence-corrected chi connectivity index (χ2v) is 8.10. The molecular weight excluding hydrogens is 378 g/mol. The lowest BCUT2D eigenvalue weighted by Crippen LogP contribution is -2.30. The topological polar surface area (TPSA) is 102 Å². The molecule has 1 atom stereocenters. The molecule has 1 heterocycles. The number of carbonyl (C=O) groups is 1. The van der Waals surface area contributed by atoms with Gasteiger partial charge < -0.3 is 14.6 Å². The van der Waals surface area contributed by atoms with Gasteiger partial charge in [-0.05, 0) is 23.9 Å². The normalized spacial score (nSPS) is 12.7. The zero-order valence-corrected chi connectivity index (χ0v) is 16.1. The summed E-state index contributed by atoms with van der Waals surface area (Å²) in [7, 11) is -2.73. The molecule has 7 nitrogen and oxygen atoms in total. The number of esters is 1. The zero-order chi connectivity index (χ0) is 19.2. The molecule has 2 N–H and O–H groups in total. The molecule has 0 radical (unpaired) electrons. The fourth-order valence-electron chi connectivity index (χ4n) is 2.26. The molecular formula is C17H21NO6S2. The molecule has 0 saturated carbocycles. The Morgan fingerprint density at radius 1 is 1.27 bits per heavy atom. The van der Waals surface area contributed by atoms with E-state index in [1.165, 1.54) is 18.6 Å². The number of hydrogen-bond donors (Lipinski definition) is 2. The van der Waals surface area contributed by atoms with Crippen molar-refractivity contribution in [3.8, 4) is 0 Å². The number of ether oxygens (including phenoxy) is 2. The van der Waals surface area contributed by atoms with Gasteiger partial charge >= 0.3 is 5.97 Å². The molecule has 9 heteroatoms. The van der Waals surface area contributed by atoms with E-state index in [0.29, 0.717) is 0 Å². The highest BCUT2D eigenvalue weighted by Gasteiger charge is 2.26. The van der Waals surface area contributed by atoms with Gasteiger partial charge in [-0.2, -0.15) is 0 Å². The lowest BCUT2D eigenvalue weighted by molar-refractivity contribution is 0.0309. The molecule has 1 aromatic heterocycles. The first kappa shape index (κ1) is 20.5. The minimum atomic E-state index is -3.92. The number of methoxy groups -OCH3 is 1. The highest BCUT2D eigenvalue weighted by molar-refractivity contribution is 7.89. The molecule has 2 aromatic rings. The van der Waals surface area contributed by atoms with Crippen LogP contribution < -0.4 is 4.72 Å². The van der Waals surface area contributed by atoms with Crippen LogP contribution >= 0.6 is 11.3 Å². The van der Waals surface area contributed by atoms with Gasteiger partial charge in [-0.25, -0.2) is 17.9 Å². The van der Waals surface area contributed by atoms with Crippen LogP contribution in [0.25, 0.3) is 0 Å². The summed E-state index contributed by atoms with van der Waals surface area (Å²) in [5, 5.41) is 10.5. The van der Waals surface area contributed by atoms with Crippen molar-refractivity contribution in [3.05, 3.63) is 51.7 Å². The van der Waals surface area contributed by atoms with E-state index in [1.807, 2.05) is 31.2 Å². The van der Waals surface area contributed by atoms with E-state index in [0.717, 1.165) is 22.5 Å². The standard InChI is InChI=1S/C17H21NO6S2/c1-12-3-5-13(6-4-12)14(24-9-8-19)11-18-26(21,22)15-7-10-25-16(15)17(20)23-2/h3-7,10,14,18-19H,8-9,11H2,1-2H3. The summed E-state index contributed by atoms with van der Waals surface area (Å²) in [6.45, 7) is 1.81.